The third-order valence-electron chi connectivity index (χ3n) is 9.36. The summed E-state index contributed by atoms with van der Waals surface area (Å²) in [5, 5.41) is 1.02. The molecule has 6 rings (SSSR count). The fraction of sp³-hybridized carbons (Fsp3) is 0.385. The van der Waals surface area contributed by atoms with Crippen molar-refractivity contribution < 1.29 is 9.59 Å². The molecule has 2 aliphatic rings. The first kappa shape index (κ1) is 29.2. The molecule has 1 atom stereocenters. The van der Waals surface area contributed by atoms with E-state index in [0.717, 1.165) is 70.2 Å². The minimum Gasteiger partial charge on any atom is -0.353 e. The van der Waals surface area contributed by atoms with Gasteiger partial charge in [0, 0.05) is 27.9 Å². The van der Waals surface area contributed by atoms with E-state index in [1.165, 1.54) is 6.42 Å². The van der Waals surface area contributed by atoms with Gasteiger partial charge in [0.2, 0.25) is 5.91 Å². The number of ketones is 1. The summed E-state index contributed by atoms with van der Waals surface area (Å²) in [6.07, 6.45) is 6.94. The van der Waals surface area contributed by atoms with E-state index in [2.05, 4.69) is 93.9 Å². The second-order valence-corrected chi connectivity index (χ2v) is 14.5. The van der Waals surface area contributed by atoms with Gasteiger partial charge in [-0.05, 0) is 58.6 Å². The number of nitrogens with zero attached hydrogens (tertiary/aromatic N) is 1. The number of para-hydroxylation sites is 1. The van der Waals surface area contributed by atoms with Gasteiger partial charge in [-0.3, -0.25) is 14.5 Å². The molecule has 1 amide bonds. The molecular formula is C39H44N2O2. The van der Waals surface area contributed by atoms with E-state index in [1.807, 2.05) is 36.4 Å². The van der Waals surface area contributed by atoms with Crippen LogP contribution in [0.3, 0.4) is 0 Å². The van der Waals surface area contributed by atoms with E-state index >= 15 is 4.79 Å². The molecule has 1 N–H and O–H groups in total. The molecule has 0 radical (unpaired) electrons. The van der Waals surface area contributed by atoms with E-state index in [0.29, 0.717) is 5.56 Å². The number of aromatic nitrogens is 1. The lowest BCUT2D eigenvalue weighted by atomic mass is 9.72. The summed E-state index contributed by atoms with van der Waals surface area (Å²) in [5.41, 5.74) is 7.13. The predicted molar refractivity (Wildman–Crippen MR) is 178 cm³/mol. The van der Waals surface area contributed by atoms with E-state index < -0.39 is 6.04 Å². The minimum absolute atomic E-state index is 0.0227. The summed E-state index contributed by atoms with van der Waals surface area (Å²) in [6, 6.07) is 24.5. The summed E-state index contributed by atoms with van der Waals surface area (Å²) < 4.78 is 0. The van der Waals surface area contributed by atoms with E-state index in [-0.39, 0.29) is 28.4 Å². The van der Waals surface area contributed by atoms with Crippen LogP contribution in [0.15, 0.2) is 84.4 Å². The largest absolute Gasteiger partial charge is 0.353 e. The molecule has 43 heavy (non-hydrogen) atoms. The lowest BCUT2D eigenvalue weighted by molar-refractivity contribution is -0.123. The van der Waals surface area contributed by atoms with Crippen LogP contribution < -0.4 is 4.90 Å². The van der Waals surface area contributed by atoms with Gasteiger partial charge in [-0.2, -0.15) is 0 Å². The molecule has 4 aromatic rings. The van der Waals surface area contributed by atoms with Gasteiger partial charge in [-0.1, -0.05) is 121 Å². The Hall–Kier alpha value is -3.92. The average molecular weight is 573 g/mol. The van der Waals surface area contributed by atoms with Crippen molar-refractivity contribution in [3.63, 3.8) is 0 Å². The van der Waals surface area contributed by atoms with Crippen LogP contribution in [-0.2, 0) is 10.2 Å². The summed E-state index contributed by atoms with van der Waals surface area (Å²) in [5.74, 6) is 0.124. The van der Waals surface area contributed by atoms with Crippen LogP contribution in [0.1, 0.15) is 101 Å². The first-order valence-corrected chi connectivity index (χ1v) is 15.8. The van der Waals surface area contributed by atoms with E-state index in [4.69, 9.17) is 0 Å². The van der Waals surface area contributed by atoms with Gasteiger partial charge in [0.1, 0.15) is 0 Å². The number of aromatic amines is 1. The molecule has 4 heteroatoms. The topological polar surface area (TPSA) is 53.2 Å². The number of benzene rings is 3. The molecule has 0 bridgehead atoms. The number of anilines is 1. The van der Waals surface area contributed by atoms with Crippen molar-refractivity contribution in [1.82, 2.24) is 4.98 Å². The summed E-state index contributed by atoms with van der Waals surface area (Å²) in [7, 11) is 0. The third kappa shape index (κ3) is 5.37. The van der Waals surface area contributed by atoms with Crippen molar-refractivity contribution in [3.05, 3.63) is 101 Å². The zero-order valence-corrected chi connectivity index (χ0v) is 26.5. The maximum Gasteiger partial charge on any atom is 0.231 e. The van der Waals surface area contributed by atoms with E-state index in [1.54, 1.807) is 0 Å². The molecule has 222 valence electrons. The molecule has 1 aromatic heterocycles. The summed E-state index contributed by atoms with van der Waals surface area (Å²) >= 11 is 0. The molecule has 0 saturated heterocycles. The maximum atomic E-state index is 15.1. The second kappa shape index (κ2) is 11.0. The Bertz CT molecular complexity index is 1710. The number of fused-ring (bicyclic) bond motifs is 2. The standard InChI is InChI=1S/C39H44N2O2/c1-38(2,3)27-21-22-28-30(23-27)33(42)24-31(39(4,5)6)35(28)41(37(43)26-17-11-8-12-18-26)36-29-19-13-14-20-32(29)40-34(36)25-15-9-7-10-16-25/h7,9-10,13-16,19-24,26,35,40H,8,11-12,17-18H2,1-6H3/t35-/m0/s1. The number of H-pyrrole nitrogens is 1. The van der Waals surface area contributed by atoms with Crippen molar-refractivity contribution in [2.45, 2.75) is 85.1 Å². The Morgan fingerprint density at radius 3 is 2.16 bits per heavy atom. The van der Waals surface area contributed by atoms with Crippen LogP contribution in [0.2, 0.25) is 0 Å². The number of nitrogens with one attached hydrogen (secondary N) is 1. The minimum atomic E-state index is -0.405. The fourth-order valence-corrected chi connectivity index (χ4v) is 6.95. The molecule has 2 aliphatic carbocycles. The SMILES string of the molecule is CC(C)(C)C1=CC(=O)c2cc(C(C)(C)C)ccc2[C@@H]1N(C(=O)C1CCCCC1)c1c(-c2ccccc2)[nH]c2ccccc12. The Balaban J connectivity index is 1.67. The highest BCUT2D eigenvalue weighted by molar-refractivity contribution is 6.13. The van der Waals surface area contributed by atoms with E-state index in [9.17, 15) is 4.79 Å². The van der Waals surface area contributed by atoms with Crippen molar-refractivity contribution in [1.29, 1.82) is 0 Å². The number of carbonyl (C=O) groups is 2. The lowest BCUT2D eigenvalue weighted by Crippen LogP contribution is -2.44. The van der Waals surface area contributed by atoms with Crippen LogP contribution in [0.5, 0.6) is 0 Å². The van der Waals surface area contributed by atoms with Gasteiger partial charge < -0.3 is 4.98 Å². The monoisotopic (exact) mass is 572 g/mol. The van der Waals surface area contributed by atoms with Crippen LogP contribution in [-0.4, -0.2) is 16.7 Å². The second-order valence-electron chi connectivity index (χ2n) is 14.5. The Kier molecular flexibility index (Phi) is 7.44. The van der Waals surface area contributed by atoms with Gasteiger partial charge >= 0.3 is 0 Å². The zero-order chi connectivity index (χ0) is 30.5. The number of hydrogen-bond acceptors (Lipinski definition) is 2. The summed E-state index contributed by atoms with van der Waals surface area (Å²) in [6.45, 7) is 13.0. The van der Waals surface area contributed by atoms with Gasteiger partial charge in [0.25, 0.3) is 0 Å². The van der Waals surface area contributed by atoms with Crippen LogP contribution in [0, 0.1) is 11.3 Å². The number of carbonyl (C=O) groups excluding carboxylic acids is 2. The third-order valence-corrected chi connectivity index (χ3v) is 9.36. The zero-order valence-electron chi connectivity index (χ0n) is 26.5. The molecule has 0 spiro atoms. The molecule has 0 unspecified atom stereocenters. The number of amides is 1. The van der Waals surface area contributed by atoms with Crippen molar-refractivity contribution >= 4 is 28.3 Å². The van der Waals surface area contributed by atoms with Gasteiger partial charge in [0.05, 0.1) is 17.4 Å². The Morgan fingerprint density at radius 2 is 1.49 bits per heavy atom. The normalized spacial score (nSPS) is 18.0. The van der Waals surface area contributed by atoms with Crippen LogP contribution in [0.25, 0.3) is 22.2 Å². The molecule has 0 aliphatic heterocycles. The highest BCUT2D eigenvalue weighted by atomic mass is 16.2. The molecular weight excluding hydrogens is 528 g/mol. The van der Waals surface area contributed by atoms with Gasteiger partial charge in [-0.25, -0.2) is 0 Å². The van der Waals surface area contributed by atoms with Crippen molar-refractivity contribution in [3.8, 4) is 11.3 Å². The van der Waals surface area contributed by atoms with Gasteiger partial charge in [0.15, 0.2) is 5.78 Å². The maximum absolute atomic E-state index is 15.1. The van der Waals surface area contributed by atoms with Gasteiger partial charge in [-0.15, -0.1) is 0 Å². The molecule has 4 nitrogen and oxygen atoms in total. The smallest absolute Gasteiger partial charge is 0.231 e. The average Bonchev–Trinajstić information content (AvgIpc) is 3.37. The van der Waals surface area contributed by atoms with Crippen LogP contribution >= 0.6 is 0 Å². The highest BCUT2D eigenvalue weighted by Gasteiger charge is 2.43. The molecule has 1 saturated carbocycles. The number of hydrogen-bond donors (Lipinski definition) is 1. The lowest BCUT2D eigenvalue weighted by Gasteiger charge is -2.43. The van der Waals surface area contributed by atoms with Crippen LogP contribution in [0.4, 0.5) is 5.69 Å². The molecule has 1 fully saturated rings. The molecule has 3 aromatic carbocycles. The quantitative estimate of drug-likeness (QED) is 0.265. The highest BCUT2D eigenvalue weighted by Crippen LogP contribution is 2.50. The Labute approximate surface area is 256 Å². The predicted octanol–water partition coefficient (Wildman–Crippen LogP) is 9.96. The first-order valence-electron chi connectivity index (χ1n) is 15.8. The Morgan fingerprint density at radius 1 is 0.814 bits per heavy atom. The fourth-order valence-electron chi connectivity index (χ4n) is 6.95. The van der Waals surface area contributed by atoms with Crippen molar-refractivity contribution in [2.24, 2.45) is 11.3 Å². The number of rotatable bonds is 4. The van der Waals surface area contributed by atoms with Crippen molar-refractivity contribution in [2.75, 3.05) is 4.90 Å². The number of allylic oxidation sites excluding steroid dienone is 1. The first-order chi connectivity index (χ1) is 20.4. The molecule has 1 heterocycles. The summed E-state index contributed by atoms with van der Waals surface area (Å²) in [4.78, 5) is 34.8.